The fourth-order valence-corrected chi connectivity index (χ4v) is 6.11. The summed E-state index contributed by atoms with van der Waals surface area (Å²) in [6.45, 7) is 0.892. The molecule has 1 aliphatic heterocycles. The molecule has 0 amide bonds. The highest BCUT2D eigenvalue weighted by Crippen LogP contribution is 2.52. The Morgan fingerprint density at radius 1 is 0.806 bits per heavy atom. The van der Waals surface area contributed by atoms with Crippen molar-refractivity contribution >= 4 is 5.97 Å². The van der Waals surface area contributed by atoms with E-state index in [1.807, 2.05) is 0 Å². The molecule has 0 radical (unpaired) electrons. The minimum Gasteiger partial charge on any atom is -0.468 e. The fourth-order valence-electron chi connectivity index (χ4n) is 6.11. The Bertz CT molecular complexity index is 922. The van der Waals surface area contributed by atoms with Gasteiger partial charge in [0, 0.05) is 6.54 Å². The average molecular weight is 412 g/mol. The van der Waals surface area contributed by atoms with Crippen LogP contribution in [0.4, 0.5) is 0 Å². The Labute approximate surface area is 184 Å². The van der Waals surface area contributed by atoms with Crippen LogP contribution in [0.2, 0.25) is 0 Å². The summed E-state index contributed by atoms with van der Waals surface area (Å²) in [5.41, 5.74) is 2.98. The number of hydrogen-bond donors (Lipinski definition) is 0. The molecule has 1 aliphatic carbocycles. The van der Waals surface area contributed by atoms with Crippen LogP contribution in [-0.2, 0) is 15.1 Å². The number of likely N-dealkylation sites (tertiary alicyclic amines) is 1. The molecule has 0 unspecified atom stereocenters. The Kier molecular flexibility index (Phi) is 5.37. The van der Waals surface area contributed by atoms with E-state index in [2.05, 4.69) is 95.9 Å². The predicted octanol–water partition coefficient (Wildman–Crippen LogP) is 5.25. The van der Waals surface area contributed by atoms with Crippen LogP contribution in [0.5, 0.6) is 0 Å². The first kappa shape index (κ1) is 20.0. The fraction of sp³-hybridized carbons (Fsp3) is 0.321. The summed E-state index contributed by atoms with van der Waals surface area (Å²) in [6.07, 6.45) is 3.48. The number of ether oxygens (including phenoxy) is 1. The topological polar surface area (TPSA) is 29.5 Å². The van der Waals surface area contributed by atoms with Crippen LogP contribution in [0.3, 0.4) is 0 Å². The molecule has 31 heavy (non-hydrogen) atoms. The molecule has 1 saturated carbocycles. The van der Waals surface area contributed by atoms with Crippen molar-refractivity contribution in [2.75, 3.05) is 13.7 Å². The maximum absolute atomic E-state index is 13.2. The zero-order valence-electron chi connectivity index (χ0n) is 18.0. The van der Waals surface area contributed by atoms with Crippen molar-refractivity contribution in [3.05, 3.63) is 108 Å². The van der Waals surface area contributed by atoms with E-state index in [0.29, 0.717) is 11.8 Å². The van der Waals surface area contributed by atoms with Crippen LogP contribution in [0, 0.1) is 11.8 Å². The van der Waals surface area contributed by atoms with Crippen LogP contribution in [-0.4, -0.2) is 30.6 Å². The maximum Gasteiger partial charge on any atom is 0.323 e. The molecule has 3 aromatic rings. The number of carbonyl (C=O) groups excluding carboxylic acids is 1. The summed E-state index contributed by atoms with van der Waals surface area (Å²) in [5.74, 6) is 0.768. The summed E-state index contributed by atoms with van der Waals surface area (Å²) < 4.78 is 5.39. The molecule has 2 aliphatic rings. The van der Waals surface area contributed by atoms with Gasteiger partial charge in [-0.2, -0.15) is 0 Å². The first-order valence-electron chi connectivity index (χ1n) is 11.3. The molecule has 0 N–H and O–H groups in total. The molecule has 158 valence electrons. The van der Waals surface area contributed by atoms with Crippen molar-refractivity contribution in [1.29, 1.82) is 0 Å². The van der Waals surface area contributed by atoms with Crippen molar-refractivity contribution in [3.8, 4) is 0 Å². The lowest BCUT2D eigenvalue weighted by Crippen LogP contribution is -2.54. The summed E-state index contributed by atoms with van der Waals surface area (Å²) in [5, 5.41) is 0. The van der Waals surface area contributed by atoms with Gasteiger partial charge in [-0.05, 0) is 41.4 Å². The third-order valence-electron chi connectivity index (χ3n) is 7.34. The van der Waals surface area contributed by atoms with Crippen LogP contribution >= 0.6 is 0 Å². The molecule has 3 heteroatoms. The largest absolute Gasteiger partial charge is 0.468 e. The minimum absolute atomic E-state index is 0.110. The first-order valence-corrected chi connectivity index (χ1v) is 11.3. The summed E-state index contributed by atoms with van der Waals surface area (Å²) in [6, 6.07) is 31.7. The van der Waals surface area contributed by atoms with Gasteiger partial charge in [0.05, 0.1) is 12.6 Å². The van der Waals surface area contributed by atoms with Gasteiger partial charge in [-0.1, -0.05) is 97.4 Å². The van der Waals surface area contributed by atoms with Crippen molar-refractivity contribution < 1.29 is 9.53 Å². The van der Waals surface area contributed by atoms with Crippen molar-refractivity contribution in [2.45, 2.75) is 30.8 Å². The van der Waals surface area contributed by atoms with Gasteiger partial charge in [-0.3, -0.25) is 9.69 Å². The monoisotopic (exact) mass is 411 g/mol. The Morgan fingerprint density at radius 2 is 1.29 bits per heavy atom. The molecule has 0 aromatic heterocycles. The zero-order valence-corrected chi connectivity index (χ0v) is 18.0. The third kappa shape index (κ3) is 3.19. The van der Waals surface area contributed by atoms with Crippen LogP contribution in [0.1, 0.15) is 36.0 Å². The van der Waals surface area contributed by atoms with Gasteiger partial charge in [0.15, 0.2) is 0 Å². The second kappa shape index (κ2) is 8.32. The van der Waals surface area contributed by atoms with Crippen LogP contribution < -0.4 is 0 Å². The molecule has 2 fully saturated rings. The molecule has 1 saturated heterocycles. The molecular formula is C28H29NO2. The Balaban J connectivity index is 1.81. The van der Waals surface area contributed by atoms with Gasteiger partial charge in [0.25, 0.3) is 0 Å². The second-order valence-corrected chi connectivity index (χ2v) is 8.78. The van der Waals surface area contributed by atoms with E-state index in [0.717, 1.165) is 13.0 Å². The average Bonchev–Trinajstić information content (AvgIpc) is 3.43. The number of nitrogens with zero attached hydrogens (tertiary/aromatic N) is 1. The SMILES string of the molecule is COC(=O)[C@@H]1[C@H]2CCC[C@H]2CN1C(c1ccccc1)(c1ccccc1)c1ccccc1. The first-order chi connectivity index (χ1) is 15.3. The lowest BCUT2D eigenvalue weighted by molar-refractivity contribution is -0.149. The number of esters is 1. The molecule has 0 spiro atoms. The van der Waals surface area contributed by atoms with E-state index < -0.39 is 5.54 Å². The van der Waals surface area contributed by atoms with Crippen LogP contribution in [0.25, 0.3) is 0 Å². The van der Waals surface area contributed by atoms with Crippen molar-refractivity contribution in [1.82, 2.24) is 4.90 Å². The molecule has 3 nitrogen and oxygen atoms in total. The molecule has 5 rings (SSSR count). The highest BCUT2D eigenvalue weighted by molar-refractivity contribution is 5.77. The van der Waals surface area contributed by atoms with E-state index in [-0.39, 0.29) is 12.0 Å². The number of rotatable bonds is 5. The maximum atomic E-state index is 13.2. The summed E-state index contributed by atoms with van der Waals surface area (Å²) >= 11 is 0. The van der Waals surface area contributed by atoms with Gasteiger partial charge < -0.3 is 4.74 Å². The zero-order chi connectivity index (χ0) is 21.3. The Morgan fingerprint density at radius 3 is 1.74 bits per heavy atom. The van der Waals surface area contributed by atoms with Gasteiger partial charge in [-0.25, -0.2) is 0 Å². The molecular weight excluding hydrogens is 382 g/mol. The Hall–Kier alpha value is -2.91. The smallest absolute Gasteiger partial charge is 0.323 e. The van der Waals surface area contributed by atoms with E-state index in [4.69, 9.17) is 4.74 Å². The van der Waals surface area contributed by atoms with E-state index in [1.165, 1.54) is 36.6 Å². The highest BCUT2D eigenvalue weighted by Gasteiger charge is 2.56. The van der Waals surface area contributed by atoms with Gasteiger partial charge in [0.2, 0.25) is 0 Å². The molecule has 0 bridgehead atoms. The van der Waals surface area contributed by atoms with Gasteiger partial charge >= 0.3 is 5.97 Å². The normalized spacial score (nSPS) is 23.5. The summed E-state index contributed by atoms with van der Waals surface area (Å²) in [4.78, 5) is 15.7. The third-order valence-corrected chi connectivity index (χ3v) is 7.34. The molecule has 3 atom stereocenters. The van der Waals surface area contributed by atoms with E-state index in [1.54, 1.807) is 0 Å². The quantitative estimate of drug-likeness (QED) is 0.424. The number of hydrogen-bond acceptors (Lipinski definition) is 3. The predicted molar refractivity (Wildman–Crippen MR) is 123 cm³/mol. The minimum atomic E-state index is -0.563. The number of benzene rings is 3. The van der Waals surface area contributed by atoms with Gasteiger partial charge in [0.1, 0.15) is 6.04 Å². The van der Waals surface area contributed by atoms with Crippen LogP contribution in [0.15, 0.2) is 91.0 Å². The molecule has 1 heterocycles. The highest BCUT2D eigenvalue weighted by atomic mass is 16.5. The standard InChI is InChI=1S/C28H29NO2/c1-31-27(30)26-25-19-11-12-21(25)20-29(26)28(22-13-5-2-6-14-22,23-15-7-3-8-16-23)24-17-9-4-10-18-24/h2-10,13-18,21,25-26H,11-12,19-20H2,1H3/t21-,25-,26-/m0/s1. The number of carbonyl (C=O) groups is 1. The molecule has 3 aromatic carbocycles. The lowest BCUT2D eigenvalue weighted by atomic mass is 9.75. The van der Waals surface area contributed by atoms with Crippen molar-refractivity contribution in [2.24, 2.45) is 11.8 Å². The second-order valence-electron chi connectivity index (χ2n) is 8.78. The van der Waals surface area contributed by atoms with E-state index >= 15 is 0 Å². The van der Waals surface area contributed by atoms with Crippen molar-refractivity contribution in [3.63, 3.8) is 0 Å². The summed E-state index contributed by atoms with van der Waals surface area (Å²) in [7, 11) is 1.53. The van der Waals surface area contributed by atoms with Gasteiger partial charge in [-0.15, -0.1) is 0 Å². The number of methoxy groups -OCH3 is 1. The van der Waals surface area contributed by atoms with E-state index in [9.17, 15) is 4.79 Å². The lowest BCUT2D eigenvalue weighted by Gasteiger charge is -2.46. The number of fused-ring (bicyclic) bond motifs is 1.